The maximum atomic E-state index is 4.58. The fourth-order valence-corrected chi connectivity index (χ4v) is 2.59. The molecule has 0 saturated heterocycles. The summed E-state index contributed by atoms with van der Waals surface area (Å²) in [6.07, 6.45) is 7.38. The van der Waals surface area contributed by atoms with Crippen molar-refractivity contribution in [1.29, 1.82) is 0 Å². The van der Waals surface area contributed by atoms with Crippen molar-refractivity contribution >= 4 is 11.5 Å². The zero-order chi connectivity index (χ0) is 12.4. The van der Waals surface area contributed by atoms with Gasteiger partial charge in [0.15, 0.2) is 11.5 Å². The molecule has 1 aliphatic rings. The van der Waals surface area contributed by atoms with Crippen LogP contribution >= 0.6 is 0 Å². The van der Waals surface area contributed by atoms with Crippen LogP contribution in [0.2, 0.25) is 0 Å². The van der Waals surface area contributed by atoms with Gasteiger partial charge in [-0.15, -0.1) is 15.3 Å². The number of nitrogens with one attached hydrogen (secondary N) is 1. The summed E-state index contributed by atoms with van der Waals surface area (Å²) in [7, 11) is 0. The lowest BCUT2D eigenvalue weighted by Gasteiger charge is -2.23. The quantitative estimate of drug-likeness (QED) is 0.902. The van der Waals surface area contributed by atoms with E-state index in [-0.39, 0.29) is 0 Å². The molecule has 2 heterocycles. The Morgan fingerprint density at radius 3 is 2.83 bits per heavy atom. The summed E-state index contributed by atoms with van der Waals surface area (Å²) >= 11 is 0. The van der Waals surface area contributed by atoms with E-state index in [2.05, 4.69) is 27.5 Å². The molecule has 96 valence electrons. The molecule has 0 amide bonds. The molecule has 0 atom stereocenters. The van der Waals surface area contributed by atoms with Crippen LogP contribution in [0.15, 0.2) is 12.1 Å². The highest BCUT2D eigenvalue weighted by Gasteiger charge is 2.14. The first-order valence-electron chi connectivity index (χ1n) is 6.84. The van der Waals surface area contributed by atoms with E-state index in [1.54, 1.807) is 0 Å². The Bertz CT molecular complexity index is 527. The summed E-state index contributed by atoms with van der Waals surface area (Å²) in [5.74, 6) is 1.85. The number of aromatic nitrogens is 4. The third kappa shape index (κ3) is 2.17. The molecule has 1 fully saturated rings. The van der Waals surface area contributed by atoms with Crippen molar-refractivity contribution in [2.24, 2.45) is 0 Å². The minimum absolute atomic E-state index is 0.574. The summed E-state index contributed by atoms with van der Waals surface area (Å²) in [6.45, 7) is 2.07. The average Bonchev–Trinajstić information content (AvgIpc) is 2.82. The van der Waals surface area contributed by atoms with Crippen LogP contribution in [0.3, 0.4) is 0 Å². The minimum Gasteiger partial charge on any atom is -0.366 e. The van der Waals surface area contributed by atoms with E-state index in [1.165, 1.54) is 32.1 Å². The lowest BCUT2D eigenvalue weighted by molar-refractivity contribution is 0.461. The van der Waals surface area contributed by atoms with Crippen LogP contribution in [0, 0.1) is 0 Å². The molecule has 0 aromatic carbocycles. The van der Waals surface area contributed by atoms with E-state index >= 15 is 0 Å². The summed E-state index contributed by atoms with van der Waals surface area (Å²) in [5, 5.41) is 16.3. The lowest BCUT2D eigenvalue weighted by atomic mass is 9.95. The Kier molecular flexibility index (Phi) is 3.13. The van der Waals surface area contributed by atoms with Crippen molar-refractivity contribution in [3.05, 3.63) is 18.0 Å². The van der Waals surface area contributed by atoms with Crippen molar-refractivity contribution in [1.82, 2.24) is 19.8 Å². The molecular formula is C13H19N5. The summed E-state index contributed by atoms with van der Waals surface area (Å²) in [4.78, 5) is 0. The van der Waals surface area contributed by atoms with E-state index in [0.717, 1.165) is 23.7 Å². The standard InChI is InChI=1S/C13H19N5/c1-2-12-15-16-13-9-8-11(17-18(12)13)14-10-6-4-3-5-7-10/h8-10H,2-7H2,1H3,(H,14,17). The normalized spacial score (nSPS) is 17.2. The molecule has 18 heavy (non-hydrogen) atoms. The van der Waals surface area contributed by atoms with Crippen LogP contribution in [0.1, 0.15) is 44.9 Å². The molecule has 1 saturated carbocycles. The van der Waals surface area contributed by atoms with Crippen molar-refractivity contribution in [2.75, 3.05) is 5.32 Å². The van der Waals surface area contributed by atoms with Gasteiger partial charge in [0.05, 0.1) is 0 Å². The Morgan fingerprint density at radius 1 is 1.22 bits per heavy atom. The zero-order valence-electron chi connectivity index (χ0n) is 10.8. The van der Waals surface area contributed by atoms with Gasteiger partial charge in [0.25, 0.3) is 0 Å². The van der Waals surface area contributed by atoms with Crippen LogP contribution in [0.25, 0.3) is 5.65 Å². The highest BCUT2D eigenvalue weighted by atomic mass is 15.4. The van der Waals surface area contributed by atoms with Crippen LogP contribution in [-0.2, 0) is 6.42 Å². The first kappa shape index (κ1) is 11.4. The van der Waals surface area contributed by atoms with Crippen LogP contribution in [0.5, 0.6) is 0 Å². The second-order valence-electron chi connectivity index (χ2n) is 4.94. The van der Waals surface area contributed by atoms with Gasteiger partial charge in [-0.3, -0.25) is 0 Å². The monoisotopic (exact) mass is 245 g/mol. The first-order chi connectivity index (χ1) is 8.86. The van der Waals surface area contributed by atoms with Crippen molar-refractivity contribution in [3.63, 3.8) is 0 Å². The Hall–Kier alpha value is -1.65. The predicted molar refractivity (Wildman–Crippen MR) is 70.7 cm³/mol. The van der Waals surface area contributed by atoms with E-state index in [9.17, 15) is 0 Å². The molecule has 2 aromatic rings. The predicted octanol–water partition coefficient (Wildman–Crippen LogP) is 2.43. The molecule has 1 aliphatic carbocycles. The molecule has 0 unspecified atom stereocenters. The number of fused-ring (bicyclic) bond motifs is 1. The van der Waals surface area contributed by atoms with Gasteiger partial charge < -0.3 is 5.32 Å². The molecule has 0 spiro atoms. The van der Waals surface area contributed by atoms with Crippen LogP contribution < -0.4 is 5.32 Å². The van der Waals surface area contributed by atoms with Crippen LogP contribution in [0.4, 0.5) is 5.82 Å². The molecule has 5 heteroatoms. The van der Waals surface area contributed by atoms with E-state index < -0.39 is 0 Å². The number of aryl methyl sites for hydroxylation is 1. The third-order valence-electron chi connectivity index (χ3n) is 3.60. The van der Waals surface area contributed by atoms with Crippen molar-refractivity contribution < 1.29 is 0 Å². The second-order valence-corrected chi connectivity index (χ2v) is 4.94. The summed E-state index contributed by atoms with van der Waals surface area (Å²) < 4.78 is 1.84. The number of anilines is 1. The van der Waals surface area contributed by atoms with E-state index in [1.807, 2.05) is 16.6 Å². The first-order valence-corrected chi connectivity index (χ1v) is 6.84. The topological polar surface area (TPSA) is 55.1 Å². The van der Waals surface area contributed by atoms with Gasteiger partial charge in [-0.05, 0) is 25.0 Å². The lowest BCUT2D eigenvalue weighted by Crippen LogP contribution is -2.23. The van der Waals surface area contributed by atoms with Gasteiger partial charge in [-0.2, -0.15) is 4.52 Å². The second kappa shape index (κ2) is 4.92. The highest BCUT2D eigenvalue weighted by Crippen LogP contribution is 2.20. The van der Waals surface area contributed by atoms with Gasteiger partial charge in [0.2, 0.25) is 0 Å². The summed E-state index contributed by atoms with van der Waals surface area (Å²) in [5.41, 5.74) is 0.820. The molecule has 0 aliphatic heterocycles. The Morgan fingerprint density at radius 2 is 2.06 bits per heavy atom. The van der Waals surface area contributed by atoms with Gasteiger partial charge >= 0.3 is 0 Å². The maximum absolute atomic E-state index is 4.58. The molecular weight excluding hydrogens is 226 g/mol. The van der Waals surface area contributed by atoms with Crippen molar-refractivity contribution in [3.8, 4) is 0 Å². The minimum atomic E-state index is 0.574. The molecule has 0 bridgehead atoms. The highest BCUT2D eigenvalue weighted by molar-refractivity contribution is 5.44. The molecule has 3 rings (SSSR count). The van der Waals surface area contributed by atoms with Gasteiger partial charge in [0.1, 0.15) is 5.82 Å². The van der Waals surface area contributed by atoms with Gasteiger partial charge in [-0.25, -0.2) is 0 Å². The third-order valence-corrected chi connectivity index (χ3v) is 3.60. The number of hydrogen-bond donors (Lipinski definition) is 1. The van der Waals surface area contributed by atoms with Gasteiger partial charge in [0, 0.05) is 12.5 Å². The molecule has 1 N–H and O–H groups in total. The average molecular weight is 245 g/mol. The van der Waals surface area contributed by atoms with E-state index in [4.69, 9.17) is 0 Å². The number of hydrogen-bond acceptors (Lipinski definition) is 4. The molecule has 5 nitrogen and oxygen atoms in total. The van der Waals surface area contributed by atoms with Gasteiger partial charge in [-0.1, -0.05) is 26.2 Å². The van der Waals surface area contributed by atoms with Crippen molar-refractivity contribution in [2.45, 2.75) is 51.5 Å². The Balaban J connectivity index is 1.83. The summed E-state index contributed by atoms with van der Waals surface area (Å²) in [6, 6.07) is 4.55. The van der Waals surface area contributed by atoms with E-state index in [0.29, 0.717) is 6.04 Å². The SMILES string of the molecule is CCc1nnc2ccc(NC3CCCCC3)nn12. The molecule has 0 radical (unpaired) electrons. The fourth-order valence-electron chi connectivity index (χ4n) is 2.59. The Labute approximate surface area is 107 Å². The zero-order valence-corrected chi connectivity index (χ0v) is 10.8. The smallest absolute Gasteiger partial charge is 0.178 e. The number of rotatable bonds is 3. The number of nitrogens with zero attached hydrogens (tertiary/aromatic N) is 4. The fraction of sp³-hybridized carbons (Fsp3) is 0.615. The molecule has 2 aromatic heterocycles. The maximum Gasteiger partial charge on any atom is 0.178 e. The largest absolute Gasteiger partial charge is 0.366 e. The van der Waals surface area contributed by atoms with Crippen LogP contribution in [-0.4, -0.2) is 25.9 Å².